The smallest absolute Gasteiger partial charge is 0.0363 e. The van der Waals surface area contributed by atoms with Crippen molar-refractivity contribution >= 4 is 0 Å². The van der Waals surface area contributed by atoms with Crippen LogP contribution in [0.5, 0.6) is 0 Å². The third kappa shape index (κ3) is 6.12. The van der Waals surface area contributed by atoms with Crippen molar-refractivity contribution in [1.29, 1.82) is 0 Å². The van der Waals surface area contributed by atoms with Crippen molar-refractivity contribution in [3.05, 3.63) is 0 Å². The van der Waals surface area contributed by atoms with E-state index in [1.807, 2.05) is 0 Å². The molecule has 2 rings (SSSR count). The highest BCUT2D eigenvalue weighted by atomic mass is 15.3. The van der Waals surface area contributed by atoms with Crippen molar-refractivity contribution in [2.75, 3.05) is 33.2 Å². The van der Waals surface area contributed by atoms with E-state index in [0.29, 0.717) is 36.3 Å². The first-order valence-electron chi connectivity index (χ1n) is 11.0. The highest BCUT2D eigenvalue weighted by Gasteiger charge is 2.40. The Morgan fingerprint density at radius 1 is 0.926 bits per heavy atom. The Morgan fingerprint density at radius 2 is 1.56 bits per heavy atom. The van der Waals surface area contributed by atoms with Gasteiger partial charge < -0.3 is 21.7 Å². The number of nitrogens with two attached hydrogens (primary N) is 1. The van der Waals surface area contributed by atoms with Gasteiger partial charge in [-0.2, -0.15) is 0 Å². The van der Waals surface area contributed by atoms with Gasteiger partial charge >= 0.3 is 0 Å². The Balaban J connectivity index is 1.89. The molecule has 27 heavy (non-hydrogen) atoms. The second-order valence-electron chi connectivity index (χ2n) is 10.1. The summed E-state index contributed by atoms with van der Waals surface area (Å²) in [7, 11) is 2.09. The van der Waals surface area contributed by atoms with Crippen molar-refractivity contribution in [2.24, 2.45) is 5.73 Å². The Hall–Kier alpha value is -0.240. The van der Waals surface area contributed by atoms with Crippen LogP contribution in [0.1, 0.15) is 54.9 Å². The fraction of sp³-hybridized carbons (Fsp3) is 1.00. The maximum Gasteiger partial charge on any atom is 0.0363 e. The summed E-state index contributed by atoms with van der Waals surface area (Å²) in [4.78, 5) is 5.14. The maximum absolute atomic E-state index is 6.41. The van der Waals surface area contributed by atoms with Gasteiger partial charge in [0.2, 0.25) is 0 Å². The van der Waals surface area contributed by atoms with Gasteiger partial charge in [0.1, 0.15) is 0 Å². The van der Waals surface area contributed by atoms with Crippen LogP contribution >= 0.6 is 0 Å². The molecular formula is C21H46N6. The van der Waals surface area contributed by atoms with Crippen LogP contribution in [0.2, 0.25) is 0 Å². The van der Waals surface area contributed by atoms with E-state index < -0.39 is 0 Å². The highest BCUT2D eigenvalue weighted by Crippen LogP contribution is 2.26. The zero-order valence-electron chi connectivity index (χ0n) is 19.0. The van der Waals surface area contributed by atoms with Gasteiger partial charge in [-0.15, -0.1) is 0 Å². The zero-order chi connectivity index (χ0) is 20.4. The second kappa shape index (κ2) is 9.51. The van der Waals surface area contributed by atoms with E-state index in [-0.39, 0.29) is 11.6 Å². The fourth-order valence-corrected chi connectivity index (χ4v) is 4.95. The average Bonchev–Trinajstić information content (AvgIpc) is 3.11. The fourth-order valence-electron chi connectivity index (χ4n) is 4.95. The van der Waals surface area contributed by atoms with Crippen LogP contribution in [0.3, 0.4) is 0 Å². The average molecular weight is 383 g/mol. The lowest BCUT2D eigenvalue weighted by Gasteiger charge is -2.39. The molecule has 5 atom stereocenters. The molecule has 5 N–H and O–H groups in total. The van der Waals surface area contributed by atoms with Gasteiger partial charge in [-0.3, -0.25) is 9.80 Å². The molecule has 2 aliphatic heterocycles. The van der Waals surface area contributed by atoms with Gasteiger partial charge in [0.25, 0.3) is 0 Å². The molecule has 0 spiro atoms. The number of nitrogens with zero attached hydrogens (tertiary/aromatic N) is 2. The van der Waals surface area contributed by atoms with Gasteiger partial charge in [-0.25, -0.2) is 0 Å². The van der Waals surface area contributed by atoms with Crippen LogP contribution in [0.15, 0.2) is 0 Å². The molecule has 0 radical (unpaired) electrons. The van der Waals surface area contributed by atoms with Crippen molar-refractivity contribution in [1.82, 2.24) is 25.8 Å². The van der Waals surface area contributed by atoms with E-state index in [1.54, 1.807) is 0 Å². The molecule has 0 aromatic heterocycles. The number of hydrogen-bond donors (Lipinski definition) is 4. The monoisotopic (exact) mass is 382 g/mol. The van der Waals surface area contributed by atoms with Crippen LogP contribution < -0.4 is 21.7 Å². The molecule has 0 amide bonds. The lowest BCUT2D eigenvalue weighted by atomic mass is 9.93. The minimum atomic E-state index is 0.162. The molecule has 0 bridgehead atoms. The van der Waals surface area contributed by atoms with Crippen molar-refractivity contribution in [3.8, 4) is 0 Å². The number of rotatable bonds is 9. The van der Waals surface area contributed by atoms with E-state index in [0.717, 1.165) is 32.6 Å². The van der Waals surface area contributed by atoms with Crippen molar-refractivity contribution in [3.63, 3.8) is 0 Å². The summed E-state index contributed by atoms with van der Waals surface area (Å²) in [6.07, 6.45) is 1.13. The largest absolute Gasteiger partial charge is 0.325 e. The van der Waals surface area contributed by atoms with Gasteiger partial charge in [0.15, 0.2) is 0 Å². The molecule has 0 saturated carbocycles. The summed E-state index contributed by atoms with van der Waals surface area (Å²) < 4.78 is 0. The quantitative estimate of drug-likeness (QED) is 0.473. The normalized spacial score (nSPS) is 32.1. The first-order chi connectivity index (χ1) is 12.5. The number of nitrogens with one attached hydrogen (secondary N) is 3. The molecule has 6 heteroatoms. The Bertz CT molecular complexity index is 452. The summed E-state index contributed by atoms with van der Waals surface area (Å²) >= 11 is 0. The summed E-state index contributed by atoms with van der Waals surface area (Å²) in [6, 6.07) is 3.20. The lowest BCUT2D eigenvalue weighted by molar-refractivity contribution is 0.123. The van der Waals surface area contributed by atoms with Crippen LogP contribution in [0.25, 0.3) is 0 Å². The first kappa shape index (κ1) is 23.0. The minimum Gasteiger partial charge on any atom is -0.325 e. The van der Waals surface area contributed by atoms with Crippen molar-refractivity contribution < 1.29 is 0 Å². The Labute approximate surface area is 168 Å². The predicted octanol–water partition coefficient (Wildman–Crippen LogP) is 0.823. The van der Waals surface area contributed by atoms with E-state index in [2.05, 4.69) is 81.3 Å². The molecule has 2 fully saturated rings. The maximum atomic E-state index is 6.41. The molecular weight excluding hydrogens is 336 g/mol. The first-order valence-corrected chi connectivity index (χ1v) is 11.0. The number of likely N-dealkylation sites (N-methyl/N-ethyl adjacent to an activating group) is 1. The minimum absolute atomic E-state index is 0.162. The van der Waals surface area contributed by atoms with E-state index in [1.165, 1.54) is 0 Å². The van der Waals surface area contributed by atoms with Crippen molar-refractivity contribution in [2.45, 2.75) is 103 Å². The van der Waals surface area contributed by atoms with E-state index in [4.69, 9.17) is 5.73 Å². The summed E-state index contributed by atoms with van der Waals surface area (Å²) in [6.45, 7) is 20.4. The van der Waals surface area contributed by atoms with Crippen LogP contribution in [-0.2, 0) is 0 Å². The summed E-state index contributed by atoms with van der Waals surface area (Å²) in [5, 5.41) is 11.1. The van der Waals surface area contributed by atoms with Crippen LogP contribution in [0.4, 0.5) is 0 Å². The molecule has 2 saturated heterocycles. The second-order valence-corrected chi connectivity index (χ2v) is 10.1. The summed E-state index contributed by atoms with van der Waals surface area (Å²) in [5.41, 5.74) is 6.57. The third-order valence-corrected chi connectivity index (χ3v) is 6.52. The molecule has 2 heterocycles. The zero-order valence-corrected chi connectivity index (χ0v) is 19.0. The number of likely N-dealkylation sites (tertiary alicyclic amines) is 2. The predicted molar refractivity (Wildman–Crippen MR) is 116 cm³/mol. The standard InChI is InChI=1S/C21H46N6/c1-14(2)24-20-13-27(12-19(20)23-8)21(6,7)9-16(5)25-18-11-26(15(3)4)10-17(18)22/h14-20,23-25H,9-13,22H2,1-8H3. The molecule has 0 aromatic carbocycles. The highest BCUT2D eigenvalue weighted by molar-refractivity contribution is 5.01. The lowest BCUT2D eigenvalue weighted by Crippen LogP contribution is -2.52. The Morgan fingerprint density at radius 3 is 2.07 bits per heavy atom. The van der Waals surface area contributed by atoms with Crippen LogP contribution in [-0.4, -0.2) is 90.9 Å². The number of hydrogen-bond acceptors (Lipinski definition) is 6. The molecule has 0 aliphatic carbocycles. The molecule has 2 aliphatic rings. The SMILES string of the molecule is CNC1CN(C(C)(C)CC(C)NC2CN(C(C)C)CC2N)CC1NC(C)C. The van der Waals surface area contributed by atoms with Gasteiger partial charge in [0.05, 0.1) is 0 Å². The van der Waals surface area contributed by atoms with Crippen LogP contribution in [0, 0.1) is 0 Å². The molecule has 160 valence electrons. The molecule has 5 unspecified atom stereocenters. The van der Waals surface area contributed by atoms with E-state index >= 15 is 0 Å². The van der Waals surface area contributed by atoms with Gasteiger partial charge in [0, 0.05) is 74.0 Å². The topological polar surface area (TPSA) is 68.6 Å². The van der Waals surface area contributed by atoms with E-state index in [9.17, 15) is 0 Å². The summed E-state index contributed by atoms with van der Waals surface area (Å²) in [5.74, 6) is 0. The Kier molecular flexibility index (Phi) is 8.11. The van der Waals surface area contributed by atoms with Gasteiger partial charge in [-0.1, -0.05) is 13.8 Å². The molecule has 6 nitrogen and oxygen atoms in total. The van der Waals surface area contributed by atoms with Gasteiger partial charge in [-0.05, 0) is 48.1 Å². The third-order valence-electron chi connectivity index (χ3n) is 6.52. The molecule has 0 aromatic rings.